The highest BCUT2D eigenvalue weighted by atomic mass is 79.9. The first-order valence-electron chi connectivity index (χ1n) is 6.84. The van der Waals surface area contributed by atoms with E-state index in [2.05, 4.69) is 31.4 Å². The maximum absolute atomic E-state index is 11.8. The van der Waals surface area contributed by atoms with Crippen LogP contribution < -0.4 is 5.32 Å². The molecule has 1 aromatic carbocycles. The van der Waals surface area contributed by atoms with Crippen LogP contribution in [0.15, 0.2) is 56.0 Å². The predicted molar refractivity (Wildman–Crippen MR) is 90.5 cm³/mol. The van der Waals surface area contributed by atoms with E-state index in [1.165, 1.54) is 36.4 Å². The molecule has 10 heteroatoms. The smallest absolute Gasteiger partial charge is 0.322 e. The van der Waals surface area contributed by atoms with E-state index >= 15 is 0 Å². The van der Waals surface area contributed by atoms with Crippen LogP contribution in [0.25, 0.3) is 17.7 Å². The van der Waals surface area contributed by atoms with Crippen molar-refractivity contribution < 1.29 is 18.6 Å². The third-order valence-corrected chi connectivity index (χ3v) is 3.40. The summed E-state index contributed by atoms with van der Waals surface area (Å²) < 4.78 is 11.0. The molecule has 0 atom stereocenters. The molecule has 0 saturated heterocycles. The highest BCUT2D eigenvalue weighted by Crippen LogP contribution is 2.24. The van der Waals surface area contributed by atoms with E-state index in [-0.39, 0.29) is 17.6 Å². The van der Waals surface area contributed by atoms with Crippen LogP contribution in [0.4, 0.5) is 11.7 Å². The van der Waals surface area contributed by atoms with Crippen molar-refractivity contribution in [1.29, 1.82) is 0 Å². The number of hydrogen-bond acceptors (Lipinski definition) is 7. The molecule has 1 N–H and O–H groups in total. The fraction of sp³-hybridized carbons (Fsp3) is 0. The molecule has 0 aliphatic carbocycles. The van der Waals surface area contributed by atoms with Gasteiger partial charge in [0.25, 0.3) is 17.5 Å². The first kappa shape index (κ1) is 16.6. The minimum Gasteiger partial charge on any atom is -0.444 e. The van der Waals surface area contributed by atoms with Crippen molar-refractivity contribution in [2.75, 3.05) is 5.32 Å². The maximum atomic E-state index is 11.8. The normalized spacial score (nSPS) is 10.9. The van der Waals surface area contributed by atoms with E-state index in [0.717, 1.165) is 0 Å². The van der Waals surface area contributed by atoms with Crippen molar-refractivity contribution in [1.82, 2.24) is 10.2 Å². The van der Waals surface area contributed by atoms with Crippen molar-refractivity contribution in [2.24, 2.45) is 0 Å². The van der Waals surface area contributed by atoms with Crippen molar-refractivity contribution in [2.45, 2.75) is 0 Å². The third-order valence-electron chi connectivity index (χ3n) is 2.97. The number of amides is 1. The van der Waals surface area contributed by atoms with Crippen molar-refractivity contribution in [3.05, 3.63) is 62.8 Å². The molecule has 0 radical (unpaired) electrons. The summed E-state index contributed by atoms with van der Waals surface area (Å²) >= 11 is 3.16. The van der Waals surface area contributed by atoms with Crippen LogP contribution in [-0.4, -0.2) is 21.0 Å². The fourth-order valence-electron chi connectivity index (χ4n) is 1.83. The number of hydrogen-bond donors (Lipinski definition) is 1. The number of nitro benzene ring substituents is 1. The molecule has 0 fully saturated rings. The zero-order valence-corrected chi connectivity index (χ0v) is 14.0. The van der Waals surface area contributed by atoms with E-state index in [0.29, 0.717) is 16.0 Å². The number of nitro groups is 1. The van der Waals surface area contributed by atoms with Gasteiger partial charge in [-0.2, -0.15) is 0 Å². The molecule has 9 nitrogen and oxygen atoms in total. The Bertz CT molecular complexity index is 945. The average molecular weight is 405 g/mol. The number of benzene rings is 1. The topological polar surface area (TPSA) is 124 Å². The number of nitrogens with one attached hydrogen (secondary N) is 1. The number of non-ortho nitro benzene ring substituents is 1. The number of carbonyl (C=O) groups excluding carboxylic acids is 1. The standard InChI is InChI=1S/C15H9BrN4O5/c16-12-7-6-11(24-12)14-18-19-15(25-14)17-13(21)8-3-9-1-4-10(5-2-9)20(22)23/h1-8H,(H,17,19,21)/b8-3+. The highest BCUT2D eigenvalue weighted by Gasteiger charge is 2.13. The first-order valence-corrected chi connectivity index (χ1v) is 7.63. The number of aromatic nitrogens is 2. The SMILES string of the molecule is O=C(/C=C/c1ccc([N+](=O)[O-])cc1)Nc1nnc(-c2ccc(Br)o2)o1. The summed E-state index contributed by atoms with van der Waals surface area (Å²) in [5, 5.41) is 20.4. The number of nitrogens with zero attached hydrogens (tertiary/aromatic N) is 3. The Kier molecular flexibility index (Phi) is 4.70. The molecule has 0 saturated carbocycles. The molecule has 3 rings (SSSR count). The van der Waals surface area contributed by atoms with Crippen LogP contribution in [0.2, 0.25) is 0 Å². The van der Waals surface area contributed by atoms with Crippen LogP contribution in [0, 0.1) is 10.1 Å². The van der Waals surface area contributed by atoms with Gasteiger partial charge in [-0.1, -0.05) is 5.10 Å². The lowest BCUT2D eigenvalue weighted by Crippen LogP contribution is -2.07. The lowest BCUT2D eigenvalue weighted by atomic mass is 10.2. The molecule has 126 valence electrons. The highest BCUT2D eigenvalue weighted by molar-refractivity contribution is 9.10. The van der Waals surface area contributed by atoms with Gasteiger partial charge >= 0.3 is 6.01 Å². The maximum Gasteiger partial charge on any atom is 0.322 e. The lowest BCUT2D eigenvalue weighted by molar-refractivity contribution is -0.384. The third kappa shape index (κ3) is 4.18. The van der Waals surface area contributed by atoms with Crippen LogP contribution in [0.1, 0.15) is 5.56 Å². The summed E-state index contributed by atoms with van der Waals surface area (Å²) in [6.45, 7) is 0. The summed E-state index contributed by atoms with van der Waals surface area (Å²) in [6.07, 6.45) is 2.74. The van der Waals surface area contributed by atoms with Gasteiger partial charge in [-0.25, -0.2) is 0 Å². The molecule has 0 unspecified atom stereocenters. The number of carbonyl (C=O) groups is 1. The predicted octanol–water partition coefficient (Wildman–Crippen LogP) is 3.65. The summed E-state index contributed by atoms with van der Waals surface area (Å²) in [4.78, 5) is 21.9. The molecule has 2 heterocycles. The zero-order valence-electron chi connectivity index (χ0n) is 12.4. The summed E-state index contributed by atoms with van der Waals surface area (Å²) in [5.41, 5.74) is 0.608. The van der Waals surface area contributed by atoms with Crippen molar-refractivity contribution in [3.8, 4) is 11.7 Å². The van der Waals surface area contributed by atoms with Gasteiger partial charge in [0, 0.05) is 18.2 Å². The van der Waals surface area contributed by atoms with Gasteiger partial charge in [-0.15, -0.1) is 5.10 Å². The minimum absolute atomic E-state index is 0.0236. The van der Waals surface area contributed by atoms with Crippen LogP contribution in [0.5, 0.6) is 0 Å². The van der Waals surface area contributed by atoms with Gasteiger partial charge in [0.15, 0.2) is 10.4 Å². The zero-order chi connectivity index (χ0) is 17.8. The Labute approximate surface area is 148 Å². The number of anilines is 1. The van der Waals surface area contributed by atoms with Gasteiger partial charge in [-0.05, 0) is 51.8 Å². The fourth-order valence-corrected chi connectivity index (χ4v) is 2.14. The van der Waals surface area contributed by atoms with Crippen molar-refractivity contribution >= 4 is 39.6 Å². The molecule has 0 aliphatic heterocycles. The van der Waals surface area contributed by atoms with Gasteiger partial charge in [0.05, 0.1) is 4.92 Å². The molecular formula is C15H9BrN4O5. The molecule has 1 amide bonds. The summed E-state index contributed by atoms with van der Waals surface area (Å²) in [6, 6.07) is 8.99. The molecule has 0 bridgehead atoms. The molecule has 2 aromatic heterocycles. The molecule has 3 aromatic rings. The van der Waals surface area contributed by atoms with E-state index in [9.17, 15) is 14.9 Å². The second kappa shape index (κ2) is 7.09. The molecule has 25 heavy (non-hydrogen) atoms. The number of furan rings is 1. The number of rotatable bonds is 5. The summed E-state index contributed by atoms with van der Waals surface area (Å²) in [5.74, 6) is -0.00387. The molecule has 0 spiro atoms. The van der Waals surface area contributed by atoms with Gasteiger partial charge in [0.1, 0.15) is 0 Å². The lowest BCUT2D eigenvalue weighted by Gasteiger charge is -1.95. The Morgan fingerprint density at radius 2 is 1.92 bits per heavy atom. The van der Waals surface area contributed by atoms with Crippen LogP contribution >= 0.6 is 15.9 Å². The average Bonchev–Trinajstić information content (AvgIpc) is 3.22. The summed E-state index contributed by atoms with van der Waals surface area (Å²) in [7, 11) is 0. The Morgan fingerprint density at radius 3 is 2.56 bits per heavy atom. The molecular weight excluding hydrogens is 396 g/mol. The van der Waals surface area contributed by atoms with Gasteiger partial charge in [-0.3, -0.25) is 20.2 Å². The Morgan fingerprint density at radius 1 is 1.16 bits per heavy atom. The second-order valence-corrected chi connectivity index (χ2v) is 5.47. The van der Waals surface area contributed by atoms with Crippen LogP contribution in [0.3, 0.4) is 0 Å². The van der Waals surface area contributed by atoms with E-state index in [1.807, 2.05) is 0 Å². The second-order valence-electron chi connectivity index (χ2n) is 4.69. The monoisotopic (exact) mass is 404 g/mol. The van der Waals surface area contributed by atoms with Crippen LogP contribution in [-0.2, 0) is 4.79 Å². The van der Waals surface area contributed by atoms with Crippen molar-refractivity contribution in [3.63, 3.8) is 0 Å². The molecule has 0 aliphatic rings. The number of halogens is 1. The quantitative estimate of drug-likeness (QED) is 0.390. The first-order chi connectivity index (χ1) is 12.0. The van der Waals surface area contributed by atoms with Gasteiger partial charge in [0.2, 0.25) is 0 Å². The largest absolute Gasteiger partial charge is 0.444 e. The van der Waals surface area contributed by atoms with E-state index in [4.69, 9.17) is 8.83 Å². The minimum atomic E-state index is -0.495. The Hall–Kier alpha value is -3.27. The van der Waals surface area contributed by atoms with E-state index < -0.39 is 10.8 Å². The van der Waals surface area contributed by atoms with E-state index in [1.54, 1.807) is 12.1 Å². The Balaban J connectivity index is 1.62. The van der Waals surface area contributed by atoms with Gasteiger partial charge < -0.3 is 8.83 Å².